The van der Waals surface area contributed by atoms with Crippen LogP contribution >= 0.6 is 0 Å². The summed E-state index contributed by atoms with van der Waals surface area (Å²) < 4.78 is 80.3. The second kappa shape index (κ2) is 4.43. The molecule has 0 amide bonds. The number of aromatic nitrogens is 1. The van der Waals surface area contributed by atoms with Crippen molar-refractivity contribution in [3.8, 4) is 11.3 Å². The van der Waals surface area contributed by atoms with Crippen molar-refractivity contribution in [2.45, 2.75) is 12.4 Å². The van der Waals surface area contributed by atoms with E-state index in [4.69, 9.17) is 5.73 Å². The second-order valence-corrected chi connectivity index (χ2v) is 3.87. The lowest BCUT2D eigenvalue weighted by molar-refractivity contribution is -0.143. The average Bonchev–Trinajstić information content (AvgIpc) is 2.73. The molecule has 0 aliphatic carbocycles. The molecule has 108 valence electrons. The second-order valence-electron chi connectivity index (χ2n) is 3.87. The van der Waals surface area contributed by atoms with Gasteiger partial charge in [-0.05, 0) is 18.2 Å². The summed E-state index contributed by atoms with van der Waals surface area (Å²) in [7, 11) is 0. The molecule has 0 saturated carbocycles. The van der Waals surface area contributed by atoms with Gasteiger partial charge in [0.25, 0.3) is 6.01 Å². The van der Waals surface area contributed by atoms with E-state index < -0.39 is 23.5 Å². The van der Waals surface area contributed by atoms with Crippen LogP contribution in [0.1, 0.15) is 11.1 Å². The molecule has 2 N–H and O–H groups in total. The van der Waals surface area contributed by atoms with Crippen molar-refractivity contribution in [2.75, 3.05) is 5.73 Å². The third-order valence-corrected chi connectivity index (χ3v) is 2.41. The van der Waals surface area contributed by atoms with Crippen molar-refractivity contribution in [3.05, 3.63) is 35.6 Å². The Balaban J connectivity index is 2.63. The van der Waals surface area contributed by atoms with Gasteiger partial charge in [0.2, 0.25) is 0 Å². The van der Waals surface area contributed by atoms with Crippen LogP contribution in [0.4, 0.5) is 32.4 Å². The predicted molar refractivity (Wildman–Crippen MR) is 56.4 cm³/mol. The maximum Gasteiger partial charge on any atom is 0.416 e. The number of nitrogens with zero attached hydrogens (tertiary/aromatic N) is 1. The summed E-state index contributed by atoms with van der Waals surface area (Å²) in [6.07, 6.45) is -8.94. The molecule has 1 aromatic carbocycles. The number of hydrogen-bond acceptors (Lipinski definition) is 3. The zero-order chi connectivity index (χ0) is 15.1. The molecule has 0 unspecified atom stereocenters. The lowest BCUT2D eigenvalue weighted by atomic mass is 10.0. The smallest absolute Gasteiger partial charge is 0.416 e. The first kappa shape index (κ1) is 14.2. The Labute approximate surface area is 108 Å². The number of nitrogens with two attached hydrogens (primary N) is 1. The zero-order valence-electron chi connectivity index (χ0n) is 9.51. The maximum absolute atomic E-state index is 12.6. The molecule has 2 rings (SSSR count). The van der Waals surface area contributed by atoms with Crippen LogP contribution in [0.2, 0.25) is 0 Å². The molecule has 0 saturated heterocycles. The van der Waals surface area contributed by atoms with E-state index in [2.05, 4.69) is 9.40 Å². The Hall–Kier alpha value is -2.19. The van der Waals surface area contributed by atoms with E-state index in [0.717, 1.165) is 6.26 Å². The number of hydrogen-bond donors (Lipinski definition) is 1. The first-order valence-electron chi connectivity index (χ1n) is 5.08. The quantitative estimate of drug-likeness (QED) is 0.810. The van der Waals surface area contributed by atoms with Crippen molar-refractivity contribution in [1.82, 2.24) is 4.98 Å². The minimum atomic E-state index is -4.91. The molecule has 0 aliphatic rings. The third kappa shape index (κ3) is 2.86. The van der Waals surface area contributed by atoms with Crippen molar-refractivity contribution < 1.29 is 30.8 Å². The van der Waals surface area contributed by atoms with Gasteiger partial charge in [-0.1, -0.05) is 0 Å². The summed E-state index contributed by atoms with van der Waals surface area (Å²) in [6, 6.07) is 0.775. The highest BCUT2D eigenvalue weighted by molar-refractivity contribution is 5.62. The molecule has 9 heteroatoms. The van der Waals surface area contributed by atoms with E-state index in [-0.39, 0.29) is 23.3 Å². The average molecular weight is 296 g/mol. The topological polar surface area (TPSA) is 52.0 Å². The van der Waals surface area contributed by atoms with Gasteiger partial charge in [-0.2, -0.15) is 31.3 Å². The Bertz CT molecular complexity index is 596. The highest BCUT2D eigenvalue weighted by Gasteiger charge is 2.37. The summed E-state index contributed by atoms with van der Waals surface area (Å²) in [4.78, 5) is 3.50. The molecule has 2 aromatic rings. The zero-order valence-corrected chi connectivity index (χ0v) is 9.51. The highest BCUT2D eigenvalue weighted by atomic mass is 19.4. The van der Waals surface area contributed by atoms with E-state index in [9.17, 15) is 26.3 Å². The SMILES string of the molecule is Nc1nc(-c2cc(C(F)(F)F)cc(C(F)(F)F)c2)co1. The van der Waals surface area contributed by atoms with Gasteiger partial charge in [-0.25, -0.2) is 0 Å². The number of nitrogen functional groups attached to an aromatic ring is 1. The number of anilines is 1. The number of oxazole rings is 1. The molecule has 0 spiro atoms. The summed E-state index contributed by atoms with van der Waals surface area (Å²) in [6.45, 7) is 0. The minimum absolute atomic E-state index is 0.0347. The molecule has 3 nitrogen and oxygen atoms in total. The van der Waals surface area contributed by atoms with Gasteiger partial charge < -0.3 is 10.2 Å². The van der Waals surface area contributed by atoms with Crippen molar-refractivity contribution >= 4 is 6.01 Å². The van der Waals surface area contributed by atoms with E-state index in [0.29, 0.717) is 12.1 Å². The predicted octanol–water partition coefficient (Wildman–Crippen LogP) is 3.96. The molecule has 0 aliphatic heterocycles. The van der Waals surface area contributed by atoms with Gasteiger partial charge in [0.15, 0.2) is 0 Å². The largest absolute Gasteiger partial charge is 0.432 e. The molecule has 1 heterocycles. The summed E-state index contributed by atoms with van der Waals surface area (Å²) in [5.74, 6) is 0. The molecule has 20 heavy (non-hydrogen) atoms. The van der Waals surface area contributed by atoms with Gasteiger partial charge in [-0.3, -0.25) is 0 Å². The van der Waals surface area contributed by atoms with E-state index in [1.54, 1.807) is 0 Å². The van der Waals surface area contributed by atoms with E-state index >= 15 is 0 Å². The lowest BCUT2D eigenvalue weighted by Crippen LogP contribution is -2.11. The normalized spacial score (nSPS) is 12.7. The van der Waals surface area contributed by atoms with Gasteiger partial charge in [0, 0.05) is 5.56 Å². The third-order valence-electron chi connectivity index (χ3n) is 2.41. The fraction of sp³-hybridized carbons (Fsp3) is 0.182. The minimum Gasteiger partial charge on any atom is -0.432 e. The van der Waals surface area contributed by atoms with Crippen LogP contribution in [-0.4, -0.2) is 4.98 Å². The fourth-order valence-electron chi connectivity index (χ4n) is 1.52. The van der Waals surface area contributed by atoms with Crippen LogP contribution in [0.25, 0.3) is 11.3 Å². The van der Waals surface area contributed by atoms with Crippen LogP contribution in [0.3, 0.4) is 0 Å². The molecule has 0 bridgehead atoms. The highest BCUT2D eigenvalue weighted by Crippen LogP contribution is 2.38. The van der Waals surface area contributed by atoms with Gasteiger partial charge in [0.1, 0.15) is 12.0 Å². The monoisotopic (exact) mass is 296 g/mol. The van der Waals surface area contributed by atoms with E-state index in [1.165, 1.54) is 0 Å². The van der Waals surface area contributed by atoms with Gasteiger partial charge in [-0.15, -0.1) is 0 Å². The molecule has 0 atom stereocenters. The van der Waals surface area contributed by atoms with Crippen molar-refractivity contribution in [3.63, 3.8) is 0 Å². The van der Waals surface area contributed by atoms with Crippen molar-refractivity contribution in [2.24, 2.45) is 0 Å². The molecular weight excluding hydrogens is 290 g/mol. The summed E-state index contributed by atoms with van der Waals surface area (Å²) in [5, 5.41) is 0. The van der Waals surface area contributed by atoms with Crippen LogP contribution in [-0.2, 0) is 12.4 Å². The van der Waals surface area contributed by atoms with Crippen LogP contribution < -0.4 is 5.73 Å². The molecular formula is C11H6F6N2O. The Morgan fingerprint density at radius 2 is 1.40 bits per heavy atom. The molecule has 1 aromatic heterocycles. The van der Waals surface area contributed by atoms with Gasteiger partial charge >= 0.3 is 12.4 Å². The summed E-state index contributed by atoms with van der Waals surface area (Å²) in [5.41, 5.74) is 1.70. The van der Waals surface area contributed by atoms with Gasteiger partial charge in [0.05, 0.1) is 11.1 Å². The van der Waals surface area contributed by atoms with E-state index in [1.807, 2.05) is 0 Å². The van der Waals surface area contributed by atoms with Crippen molar-refractivity contribution in [1.29, 1.82) is 0 Å². The van der Waals surface area contributed by atoms with Crippen LogP contribution in [0.5, 0.6) is 0 Å². The summed E-state index contributed by atoms with van der Waals surface area (Å²) >= 11 is 0. The standard InChI is InChI=1S/C11H6F6N2O/c12-10(13,14)6-1-5(8-4-20-9(18)19-8)2-7(3-6)11(15,16)17/h1-4H,(H2,18,19). The fourth-order valence-corrected chi connectivity index (χ4v) is 1.52. The lowest BCUT2D eigenvalue weighted by Gasteiger charge is -2.13. The number of alkyl halides is 6. The Kier molecular flexibility index (Phi) is 3.15. The Morgan fingerprint density at radius 3 is 1.75 bits per heavy atom. The number of rotatable bonds is 1. The maximum atomic E-state index is 12.6. The first-order chi connectivity index (χ1) is 9.07. The first-order valence-corrected chi connectivity index (χ1v) is 5.08. The Morgan fingerprint density at radius 1 is 0.900 bits per heavy atom. The number of halogens is 6. The number of benzene rings is 1. The van der Waals surface area contributed by atoms with Crippen LogP contribution in [0, 0.1) is 0 Å². The molecule has 0 radical (unpaired) electrons. The molecule has 0 fully saturated rings. The van der Waals surface area contributed by atoms with Crippen LogP contribution in [0.15, 0.2) is 28.9 Å².